The molecule has 1 aromatic heterocycles. The van der Waals surface area contributed by atoms with Gasteiger partial charge in [-0.25, -0.2) is 9.97 Å². The molecule has 0 aliphatic carbocycles. The van der Waals surface area contributed by atoms with E-state index in [1.165, 1.54) is 27.9 Å². The Balaban J connectivity index is 1.35. The first kappa shape index (κ1) is 22.5. The summed E-state index contributed by atoms with van der Waals surface area (Å²) in [6.07, 6.45) is 2.82. The van der Waals surface area contributed by atoms with E-state index in [2.05, 4.69) is 49.4 Å². The first-order chi connectivity index (χ1) is 16.3. The van der Waals surface area contributed by atoms with Crippen molar-refractivity contribution in [2.45, 2.75) is 46.6 Å². The monoisotopic (exact) mass is 458 g/mol. The van der Waals surface area contributed by atoms with Gasteiger partial charge in [-0.3, -0.25) is 0 Å². The van der Waals surface area contributed by atoms with E-state index in [1.54, 1.807) is 7.11 Å². The van der Waals surface area contributed by atoms with Crippen LogP contribution in [0.4, 0.5) is 11.6 Å². The molecule has 5 rings (SSSR count). The fourth-order valence-electron chi connectivity index (χ4n) is 5.29. The lowest BCUT2D eigenvalue weighted by Crippen LogP contribution is -2.47. The van der Waals surface area contributed by atoms with Crippen molar-refractivity contribution >= 4 is 11.6 Å². The minimum absolute atomic E-state index is 0.131. The van der Waals surface area contributed by atoms with Gasteiger partial charge in [0.15, 0.2) is 0 Å². The molecule has 0 N–H and O–H groups in total. The maximum absolute atomic E-state index is 6.31. The second-order valence-corrected chi connectivity index (χ2v) is 10.0. The molecular formula is C28H34N4O2. The van der Waals surface area contributed by atoms with Crippen LogP contribution >= 0.6 is 0 Å². The second kappa shape index (κ2) is 8.49. The van der Waals surface area contributed by atoms with Gasteiger partial charge in [-0.05, 0) is 81.6 Å². The first-order valence-corrected chi connectivity index (χ1v) is 12.1. The molecule has 178 valence electrons. The molecule has 0 saturated carbocycles. The van der Waals surface area contributed by atoms with Crippen molar-refractivity contribution in [3.05, 3.63) is 58.8 Å². The van der Waals surface area contributed by atoms with E-state index in [-0.39, 0.29) is 5.60 Å². The molecule has 6 nitrogen and oxygen atoms in total. The largest absolute Gasteiger partial charge is 0.497 e. The van der Waals surface area contributed by atoms with Gasteiger partial charge in [-0.2, -0.15) is 0 Å². The number of hydrogen-bond donors (Lipinski definition) is 0. The number of aromatic nitrogens is 2. The molecule has 0 atom stereocenters. The van der Waals surface area contributed by atoms with Crippen molar-refractivity contribution in [3.63, 3.8) is 0 Å². The SMILES string of the molecule is COc1ccc(-c2ccnc(N3CCN(c4c(C)c(C)c5c(c4C)CC(C)(C)O5)CC3)n2)cc1. The molecule has 0 bridgehead atoms. The molecule has 3 heterocycles. The summed E-state index contributed by atoms with van der Waals surface area (Å²) in [4.78, 5) is 14.3. The van der Waals surface area contributed by atoms with Crippen LogP contribution < -0.4 is 19.3 Å². The minimum atomic E-state index is -0.131. The second-order valence-electron chi connectivity index (χ2n) is 10.0. The standard InChI is InChI=1S/C28H34N4O2/c1-18-19(2)26-23(17-28(4,5)34-26)20(3)25(18)31-13-15-32(16-14-31)27-29-12-11-24(30-27)21-7-9-22(33-6)10-8-21/h7-12H,13-17H2,1-6H3. The highest BCUT2D eigenvalue weighted by Gasteiger charge is 2.35. The van der Waals surface area contributed by atoms with Crippen LogP contribution in [0.5, 0.6) is 11.5 Å². The van der Waals surface area contributed by atoms with Crippen molar-refractivity contribution in [1.82, 2.24) is 9.97 Å². The Hall–Kier alpha value is -3.28. The van der Waals surface area contributed by atoms with Gasteiger partial charge in [0.25, 0.3) is 0 Å². The molecule has 2 aliphatic rings. The van der Waals surface area contributed by atoms with Crippen molar-refractivity contribution in [1.29, 1.82) is 0 Å². The van der Waals surface area contributed by atoms with Gasteiger partial charge in [0.2, 0.25) is 5.95 Å². The number of methoxy groups -OCH3 is 1. The van der Waals surface area contributed by atoms with Crippen molar-refractivity contribution < 1.29 is 9.47 Å². The number of hydrogen-bond acceptors (Lipinski definition) is 6. The highest BCUT2D eigenvalue weighted by atomic mass is 16.5. The summed E-state index contributed by atoms with van der Waals surface area (Å²) in [6, 6.07) is 9.97. The van der Waals surface area contributed by atoms with Gasteiger partial charge in [-0.1, -0.05) is 0 Å². The Morgan fingerprint density at radius 2 is 1.56 bits per heavy atom. The summed E-state index contributed by atoms with van der Waals surface area (Å²) in [6.45, 7) is 14.7. The van der Waals surface area contributed by atoms with Gasteiger partial charge >= 0.3 is 0 Å². The summed E-state index contributed by atoms with van der Waals surface area (Å²) in [5, 5.41) is 0. The normalized spacial score (nSPS) is 16.9. The van der Waals surface area contributed by atoms with E-state index < -0.39 is 0 Å². The fraction of sp³-hybridized carbons (Fsp3) is 0.429. The zero-order valence-electron chi connectivity index (χ0n) is 21.1. The number of nitrogens with zero attached hydrogens (tertiary/aromatic N) is 4. The smallest absolute Gasteiger partial charge is 0.225 e. The molecule has 0 unspecified atom stereocenters. The lowest BCUT2D eigenvalue weighted by Gasteiger charge is -2.38. The molecule has 3 aromatic rings. The number of rotatable bonds is 4. The highest BCUT2D eigenvalue weighted by molar-refractivity contribution is 5.70. The van der Waals surface area contributed by atoms with E-state index in [0.717, 1.165) is 61.3 Å². The van der Waals surface area contributed by atoms with E-state index >= 15 is 0 Å². The van der Waals surface area contributed by atoms with Crippen LogP contribution in [0, 0.1) is 20.8 Å². The Bertz CT molecular complexity index is 1210. The molecule has 0 spiro atoms. The van der Waals surface area contributed by atoms with Gasteiger partial charge in [-0.15, -0.1) is 0 Å². The van der Waals surface area contributed by atoms with Crippen LogP contribution in [0.1, 0.15) is 36.1 Å². The molecule has 6 heteroatoms. The van der Waals surface area contributed by atoms with Crippen LogP contribution in [-0.4, -0.2) is 48.9 Å². The molecule has 0 radical (unpaired) electrons. The first-order valence-electron chi connectivity index (χ1n) is 12.1. The number of ether oxygens (including phenoxy) is 2. The zero-order valence-corrected chi connectivity index (χ0v) is 21.1. The quantitative estimate of drug-likeness (QED) is 0.541. The lowest BCUT2D eigenvalue weighted by atomic mass is 9.92. The lowest BCUT2D eigenvalue weighted by molar-refractivity contribution is 0.137. The van der Waals surface area contributed by atoms with E-state index in [4.69, 9.17) is 14.5 Å². The highest BCUT2D eigenvalue weighted by Crippen LogP contribution is 2.45. The molecule has 0 amide bonds. The van der Waals surface area contributed by atoms with Crippen LogP contribution in [0.15, 0.2) is 36.5 Å². The molecule has 1 fully saturated rings. The molecular weight excluding hydrogens is 424 g/mol. The zero-order chi connectivity index (χ0) is 24.0. The summed E-state index contributed by atoms with van der Waals surface area (Å²) in [5.74, 6) is 2.74. The number of fused-ring (bicyclic) bond motifs is 1. The van der Waals surface area contributed by atoms with Crippen LogP contribution in [0.2, 0.25) is 0 Å². The maximum Gasteiger partial charge on any atom is 0.225 e. The third-order valence-corrected chi connectivity index (χ3v) is 7.23. The van der Waals surface area contributed by atoms with Crippen LogP contribution in [0.3, 0.4) is 0 Å². The van der Waals surface area contributed by atoms with E-state index in [9.17, 15) is 0 Å². The Kier molecular flexibility index (Phi) is 5.62. The van der Waals surface area contributed by atoms with Crippen molar-refractivity contribution in [3.8, 4) is 22.8 Å². The predicted octanol–water partition coefficient (Wildman–Crippen LogP) is 5.12. The number of anilines is 2. The number of piperazine rings is 1. The topological polar surface area (TPSA) is 50.7 Å². The van der Waals surface area contributed by atoms with Crippen molar-refractivity contribution in [2.24, 2.45) is 0 Å². The summed E-state index contributed by atoms with van der Waals surface area (Å²) in [5.41, 5.74) is 8.60. The van der Waals surface area contributed by atoms with Crippen molar-refractivity contribution in [2.75, 3.05) is 43.1 Å². The Morgan fingerprint density at radius 1 is 0.882 bits per heavy atom. The van der Waals surface area contributed by atoms with Gasteiger partial charge in [0, 0.05) is 55.6 Å². The molecule has 34 heavy (non-hydrogen) atoms. The molecule has 2 aliphatic heterocycles. The Morgan fingerprint density at radius 3 is 2.24 bits per heavy atom. The van der Waals surface area contributed by atoms with Gasteiger partial charge in [0.05, 0.1) is 12.8 Å². The average molecular weight is 459 g/mol. The molecule has 1 saturated heterocycles. The maximum atomic E-state index is 6.31. The van der Waals surface area contributed by atoms with Crippen LogP contribution in [-0.2, 0) is 6.42 Å². The summed E-state index contributed by atoms with van der Waals surface area (Å²) >= 11 is 0. The fourth-order valence-corrected chi connectivity index (χ4v) is 5.29. The number of benzene rings is 2. The summed E-state index contributed by atoms with van der Waals surface area (Å²) < 4.78 is 11.6. The third-order valence-electron chi connectivity index (χ3n) is 7.23. The molecule has 2 aromatic carbocycles. The van der Waals surface area contributed by atoms with Gasteiger partial charge in [0.1, 0.15) is 17.1 Å². The minimum Gasteiger partial charge on any atom is -0.497 e. The Labute approximate surface area is 202 Å². The average Bonchev–Trinajstić information content (AvgIpc) is 3.19. The summed E-state index contributed by atoms with van der Waals surface area (Å²) in [7, 11) is 1.68. The van der Waals surface area contributed by atoms with Gasteiger partial charge < -0.3 is 19.3 Å². The van der Waals surface area contributed by atoms with E-state index in [1.807, 2.05) is 36.5 Å². The van der Waals surface area contributed by atoms with Crippen LogP contribution in [0.25, 0.3) is 11.3 Å². The predicted molar refractivity (Wildman–Crippen MR) is 138 cm³/mol. The van der Waals surface area contributed by atoms with E-state index in [0.29, 0.717) is 0 Å². The third kappa shape index (κ3) is 3.95.